The molecule has 0 aromatic carbocycles. The molecule has 0 saturated heterocycles. The molecule has 0 radical (unpaired) electrons. The van der Waals surface area contributed by atoms with Gasteiger partial charge in [-0.25, -0.2) is 18.3 Å². The molecule has 48 heavy (non-hydrogen) atoms. The van der Waals surface area contributed by atoms with Crippen LogP contribution in [0.25, 0.3) is 0 Å². The maximum absolute atomic E-state index is 12.0. The summed E-state index contributed by atoms with van der Waals surface area (Å²) in [6, 6.07) is 0. The molecular formula is C36H66N4O7S. The number of aryl methyl sites for hydroxylation is 4. The SMILES string of the molecule is CCCCCCCCC(C(=O)[O-])C(CCCCCCCC)(C(=O)[O-])S(=O)(=O)O.CCCCn1cc[n+](C)c1.CCCCn1cc[n+](C)c1. The number of imidazole rings is 2. The van der Waals surface area contributed by atoms with Crippen LogP contribution in [0.5, 0.6) is 0 Å². The van der Waals surface area contributed by atoms with Gasteiger partial charge in [-0.1, -0.05) is 118 Å². The minimum atomic E-state index is -5.20. The van der Waals surface area contributed by atoms with E-state index in [1.165, 1.54) is 25.7 Å². The molecule has 0 amide bonds. The lowest BCUT2D eigenvalue weighted by atomic mass is 9.82. The fourth-order valence-corrected chi connectivity index (χ4v) is 6.81. The molecule has 0 aliphatic rings. The average molecular weight is 699 g/mol. The van der Waals surface area contributed by atoms with Gasteiger partial charge in [-0.2, -0.15) is 8.42 Å². The van der Waals surface area contributed by atoms with Crippen molar-refractivity contribution in [3.05, 3.63) is 37.4 Å². The van der Waals surface area contributed by atoms with Crippen LogP contribution in [-0.4, -0.2) is 38.8 Å². The van der Waals surface area contributed by atoms with Gasteiger partial charge in [0.1, 0.15) is 29.5 Å². The van der Waals surface area contributed by atoms with Crippen molar-refractivity contribution in [2.75, 3.05) is 0 Å². The van der Waals surface area contributed by atoms with Gasteiger partial charge >= 0.3 is 0 Å². The highest BCUT2D eigenvalue weighted by Crippen LogP contribution is 2.35. The number of rotatable bonds is 24. The molecule has 2 atom stereocenters. The second kappa shape index (κ2) is 26.2. The molecule has 2 rings (SSSR count). The zero-order valence-corrected chi connectivity index (χ0v) is 31.6. The van der Waals surface area contributed by atoms with Crippen LogP contribution in [0.3, 0.4) is 0 Å². The number of aliphatic carboxylic acids is 2. The number of carboxylic acid groups (broad SMARTS) is 2. The molecule has 0 spiro atoms. The van der Waals surface area contributed by atoms with E-state index in [9.17, 15) is 32.8 Å². The molecule has 0 aliphatic carbocycles. The average Bonchev–Trinajstić information content (AvgIpc) is 3.65. The zero-order valence-electron chi connectivity index (χ0n) is 30.8. The van der Waals surface area contributed by atoms with E-state index in [4.69, 9.17) is 0 Å². The molecule has 12 heteroatoms. The molecule has 0 saturated carbocycles. The molecule has 0 bridgehead atoms. The van der Waals surface area contributed by atoms with Crippen molar-refractivity contribution >= 4 is 22.1 Å². The van der Waals surface area contributed by atoms with Crippen LogP contribution in [0.2, 0.25) is 0 Å². The van der Waals surface area contributed by atoms with E-state index < -0.39 is 39.1 Å². The number of carboxylic acids is 2. The molecule has 278 valence electrons. The molecule has 2 unspecified atom stereocenters. The summed E-state index contributed by atoms with van der Waals surface area (Å²) in [7, 11) is -1.11. The van der Waals surface area contributed by atoms with E-state index in [0.717, 1.165) is 64.5 Å². The number of carbonyl (C=O) groups is 2. The predicted octanol–water partition coefficient (Wildman–Crippen LogP) is 4.46. The maximum Gasteiger partial charge on any atom is 0.276 e. The van der Waals surface area contributed by atoms with Crippen molar-refractivity contribution in [2.45, 2.75) is 161 Å². The highest BCUT2D eigenvalue weighted by molar-refractivity contribution is 7.88. The van der Waals surface area contributed by atoms with Crippen LogP contribution in [0.4, 0.5) is 0 Å². The lowest BCUT2D eigenvalue weighted by Crippen LogP contribution is -2.62. The van der Waals surface area contributed by atoms with Crippen LogP contribution < -0.4 is 19.3 Å². The molecule has 1 N–H and O–H groups in total. The van der Waals surface area contributed by atoms with Gasteiger partial charge in [0.25, 0.3) is 10.1 Å². The van der Waals surface area contributed by atoms with Gasteiger partial charge in [-0.15, -0.1) is 0 Å². The first-order valence-corrected chi connectivity index (χ1v) is 19.7. The molecular weight excluding hydrogens is 632 g/mol. The fraction of sp³-hybridized carbons (Fsp3) is 0.778. The maximum atomic E-state index is 12.0. The van der Waals surface area contributed by atoms with Crippen LogP contribution in [0.1, 0.15) is 143 Å². The van der Waals surface area contributed by atoms with Crippen molar-refractivity contribution in [3.63, 3.8) is 0 Å². The highest BCUT2D eigenvalue weighted by Gasteiger charge is 2.51. The summed E-state index contributed by atoms with van der Waals surface area (Å²) < 4.78 is 39.4. The summed E-state index contributed by atoms with van der Waals surface area (Å²) in [5, 5.41) is 23.5. The lowest BCUT2D eigenvalue weighted by Gasteiger charge is -2.39. The highest BCUT2D eigenvalue weighted by atomic mass is 32.2. The first-order chi connectivity index (χ1) is 22.8. The Kier molecular flexibility index (Phi) is 24.7. The smallest absolute Gasteiger partial charge is 0.276 e. The van der Waals surface area contributed by atoms with Crippen LogP contribution in [0.15, 0.2) is 37.4 Å². The van der Waals surface area contributed by atoms with Crippen LogP contribution >= 0.6 is 0 Å². The number of unbranched alkanes of at least 4 members (excludes halogenated alkanes) is 12. The van der Waals surface area contributed by atoms with Crippen LogP contribution in [-0.2, 0) is 46.9 Å². The first kappa shape index (κ1) is 45.3. The molecule has 2 aromatic heterocycles. The quantitative estimate of drug-likeness (QED) is 0.0966. The third-order valence-corrected chi connectivity index (χ3v) is 10.2. The second-order valence-electron chi connectivity index (χ2n) is 12.9. The normalized spacial score (nSPS) is 13.1. The topological polar surface area (TPSA) is 152 Å². The number of carbonyl (C=O) groups excluding carboxylic acids is 2. The van der Waals surface area contributed by atoms with Gasteiger partial charge in [0.15, 0.2) is 0 Å². The summed E-state index contributed by atoms with van der Waals surface area (Å²) in [5.74, 6) is -5.68. The number of nitrogens with zero attached hydrogens (tertiary/aromatic N) is 4. The van der Waals surface area contributed by atoms with Gasteiger partial charge in [-0.05, 0) is 25.7 Å². The van der Waals surface area contributed by atoms with Gasteiger partial charge in [-0.3, -0.25) is 4.55 Å². The van der Waals surface area contributed by atoms with E-state index in [1.54, 1.807) is 0 Å². The van der Waals surface area contributed by atoms with Crippen molar-refractivity contribution in [3.8, 4) is 0 Å². The van der Waals surface area contributed by atoms with Crippen molar-refractivity contribution in [1.82, 2.24) is 9.13 Å². The Bertz CT molecular complexity index is 1180. The van der Waals surface area contributed by atoms with E-state index in [0.29, 0.717) is 19.3 Å². The Hall–Kier alpha value is -2.73. The zero-order chi connectivity index (χ0) is 36.4. The summed E-state index contributed by atoms with van der Waals surface area (Å²) in [4.78, 5) is 23.5. The van der Waals surface area contributed by atoms with E-state index in [-0.39, 0.29) is 12.8 Å². The summed E-state index contributed by atoms with van der Waals surface area (Å²) in [6.07, 6.45) is 26.4. The lowest BCUT2D eigenvalue weighted by molar-refractivity contribution is -0.671. The van der Waals surface area contributed by atoms with Crippen LogP contribution in [0, 0.1) is 5.92 Å². The minimum absolute atomic E-state index is 0.178. The summed E-state index contributed by atoms with van der Waals surface area (Å²) in [5.41, 5.74) is 0. The fourth-order valence-electron chi connectivity index (χ4n) is 5.62. The third-order valence-electron chi connectivity index (χ3n) is 8.59. The number of aromatic nitrogens is 4. The van der Waals surface area contributed by atoms with Gasteiger partial charge < -0.3 is 19.8 Å². The van der Waals surface area contributed by atoms with Gasteiger partial charge in [0, 0.05) is 11.9 Å². The Labute approximate surface area is 291 Å². The molecule has 0 aliphatic heterocycles. The van der Waals surface area contributed by atoms with Crippen molar-refractivity contribution < 1.29 is 41.9 Å². The monoisotopic (exact) mass is 698 g/mol. The summed E-state index contributed by atoms with van der Waals surface area (Å²) >= 11 is 0. The van der Waals surface area contributed by atoms with E-state index >= 15 is 0 Å². The Balaban J connectivity index is 0.000000882. The minimum Gasteiger partial charge on any atom is -0.550 e. The Morgan fingerprint density at radius 2 is 1.08 bits per heavy atom. The van der Waals surface area contributed by atoms with Gasteiger partial charge in [0.05, 0.1) is 33.2 Å². The second-order valence-corrected chi connectivity index (χ2v) is 14.6. The van der Waals surface area contributed by atoms with Crippen molar-refractivity contribution in [1.29, 1.82) is 0 Å². The Morgan fingerprint density at radius 3 is 1.42 bits per heavy atom. The standard InChI is InChI=1S/C20H38O7S.2C8H15N2/c1-3-5-7-9-11-13-15-17(18(21)22)20(19(23)24,28(25,26)27)16-14-12-10-8-6-4-2;2*1-3-4-5-10-7-6-9(2)8-10/h17H,3-16H2,1-2H3,(H,21,22)(H,23,24)(H,25,26,27);2*6-8H,3-5H2,1-2H3/q;2*+1/p-2. The van der Waals surface area contributed by atoms with E-state index in [2.05, 4.69) is 76.5 Å². The number of hydrogen-bond acceptors (Lipinski definition) is 6. The van der Waals surface area contributed by atoms with E-state index in [1.807, 2.05) is 21.0 Å². The number of hydrogen-bond donors (Lipinski definition) is 1. The largest absolute Gasteiger partial charge is 0.550 e. The summed E-state index contributed by atoms with van der Waals surface area (Å²) in [6.45, 7) is 10.8. The Morgan fingerprint density at radius 1 is 0.688 bits per heavy atom. The third kappa shape index (κ3) is 18.1. The van der Waals surface area contributed by atoms with Gasteiger partial charge in [0.2, 0.25) is 12.7 Å². The molecule has 11 nitrogen and oxygen atoms in total. The molecule has 2 heterocycles. The molecule has 0 fully saturated rings. The predicted molar refractivity (Wildman–Crippen MR) is 185 cm³/mol. The first-order valence-electron chi connectivity index (χ1n) is 18.2. The van der Waals surface area contributed by atoms with Crippen molar-refractivity contribution in [2.24, 2.45) is 20.0 Å². The molecule has 2 aromatic rings.